The smallest absolute Gasteiger partial charge is 0.375 e. The molecule has 0 bridgehead atoms. The lowest BCUT2D eigenvalue weighted by Crippen LogP contribution is -2.38. The van der Waals surface area contributed by atoms with Crippen LogP contribution in [0.1, 0.15) is 17.3 Å². The van der Waals surface area contributed by atoms with Crippen LogP contribution in [0, 0.1) is 11.7 Å². The number of benzene rings is 1. The Morgan fingerprint density at radius 3 is 2.89 bits per heavy atom. The van der Waals surface area contributed by atoms with Crippen LogP contribution in [0.5, 0.6) is 5.75 Å². The van der Waals surface area contributed by atoms with Gasteiger partial charge in [-0.3, -0.25) is 9.59 Å². The van der Waals surface area contributed by atoms with Crippen molar-refractivity contribution in [3.8, 4) is 5.75 Å². The minimum atomic E-state index is -1.27. The van der Waals surface area contributed by atoms with Crippen molar-refractivity contribution in [1.29, 1.82) is 0 Å². The fraction of sp³-hybridized carbons (Fsp3) is 0.308. The molecule has 0 saturated carbocycles. The molecular formula is C13H11FO5. The molecule has 2 rings (SSSR count). The van der Waals surface area contributed by atoms with E-state index >= 15 is 0 Å². The number of esters is 1. The van der Waals surface area contributed by atoms with Gasteiger partial charge in [0.2, 0.25) is 0 Å². The van der Waals surface area contributed by atoms with Crippen molar-refractivity contribution in [3.05, 3.63) is 29.6 Å². The minimum Gasteiger partial charge on any atom is -0.488 e. The maximum atomic E-state index is 13.4. The molecule has 1 aromatic carbocycles. The third-order valence-electron chi connectivity index (χ3n) is 2.74. The Hall–Kier alpha value is -2.24. The number of para-hydroxylation sites is 1. The van der Waals surface area contributed by atoms with Gasteiger partial charge in [-0.2, -0.15) is 0 Å². The van der Waals surface area contributed by atoms with Crippen LogP contribution >= 0.6 is 0 Å². The van der Waals surface area contributed by atoms with Gasteiger partial charge >= 0.3 is 5.97 Å². The first-order valence-electron chi connectivity index (χ1n) is 5.72. The van der Waals surface area contributed by atoms with E-state index in [0.29, 0.717) is 0 Å². The van der Waals surface area contributed by atoms with Crippen molar-refractivity contribution in [1.82, 2.24) is 0 Å². The molecule has 1 aromatic rings. The van der Waals surface area contributed by atoms with Crippen LogP contribution in [-0.4, -0.2) is 30.7 Å². The van der Waals surface area contributed by atoms with Gasteiger partial charge in [0, 0.05) is 0 Å². The largest absolute Gasteiger partial charge is 0.488 e. The first-order valence-corrected chi connectivity index (χ1v) is 5.72. The Morgan fingerprint density at radius 1 is 1.47 bits per heavy atom. The van der Waals surface area contributed by atoms with Gasteiger partial charge in [-0.15, -0.1) is 0 Å². The van der Waals surface area contributed by atoms with Crippen LogP contribution in [0.25, 0.3) is 0 Å². The molecule has 1 atom stereocenters. The third-order valence-corrected chi connectivity index (χ3v) is 2.74. The molecule has 100 valence electrons. The van der Waals surface area contributed by atoms with E-state index in [4.69, 9.17) is 4.74 Å². The molecule has 6 heteroatoms. The molecule has 0 spiro atoms. The van der Waals surface area contributed by atoms with Crippen LogP contribution in [0.2, 0.25) is 0 Å². The average molecular weight is 266 g/mol. The van der Waals surface area contributed by atoms with E-state index in [1.807, 2.05) is 0 Å². The van der Waals surface area contributed by atoms with Gasteiger partial charge in [-0.1, -0.05) is 6.07 Å². The first kappa shape index (κ1) is 13.2. The van der Waals surface area contributed by atoms with Crippen LogP contribution < -0.4 is 4.74 Å². The van der Waals surface area contributed by atoms with Gasteiger partial charge in [0.05, 0.1) is 12.2 Å². The zero-order valence-electron chi connectivity index (χ0n) is 10.1. The molecule has 0 aromatic heterocycles. The van der Waals surface area contributed by atoms with E-state index < -0.39 is 29.3 Å². The standard InChI is InChI=1S/C13H11FO5/c1-2-18-13(17)11(16)8-6-19-12-7(10(8)15)4-3-5-9(12)14/h3-5,8H,2,6H2,1H3. The molecule has 1 aliphatic heterocycles. The summed E-state index contributed by atoms with van der Waals surface area (Å²) >= 11 is 0. The molecule has 0 amide bonds. The SMILES string of the molecule is CCOC(=O)C(=O)C1COc2c(F)cccc2C1=O. The molecule has 0 saturated heterocycles. The fourth-order valence-electron chi connectivity index (χ4n) is 1.82. The number of carbonyl (C=O) groups excluding carboxylic acids is 3. The topological polar surface area (TPSA) is 69.7 Å². The molecule has 1 aliphatic rings. The number of ketones is 2. The molecule has 0 N–H and O–H groups in total. The second-order valence-electron chi connectivity index (χ2n) is 3.93. The van der Waals surface area contributed by atoms with Crippen molar-refractivity contribution in [2.75, 3.05) is 13.2 Å². The summed E-state index contributed by atoms with van der Waals surface area (Å²) in [4.78, 5) is 35.1. The zero-order chi connectivity index (χ0) is 14.0. The Morgan fingerprint density at radius 2 is 2.21 bits per heavy atom. The van der Waals surface area contributed by atoms with Crippen LogP contribution in [0.15, 0.2) is 18.2 Å². The van der Waals surface area contributed by atoms with Crippen molar-refractivity contribution < 1.29 is 28.2 Å². The highest BCUT2D eigenvalue weighted by atomic mass is 19.1. The van der Waals surface area contributed by atoms with E-state index in [-0.39, 0.29) is 24.5 Å². The number of halogens is 1. The van der Waals surface area contributed by atoms with Crippen molar-refractivity contribution in [2.24, 2.45) is 5.92 Å². The molecule has 0 radical (unpaired) electrons. The second kappa shape index (κ2) is 5.17. The summed E-state index contributed by atoms with van der Waals surface area (Å²) in [6, 6.07) is 3.84. The molecule has 19 heavy (non-hydrogen) atoms. The van der Waals surface area contributed by atoms with Gasteiger partial charge in [-0.25, -0.2) is 9.18 Å². The summed E-state index contributed by atoms with van der Waals surface area (Å²) in [5.74, 6) is -4.80. The summed E-state index contributed by atoms with van der Waals surface area (Å²) in [7, 11) is 0. The van der Waals surface area contributed by atoms with Gasteiger partial charge in [0.25, 0.3) is 5.78 Å². The highest BCUT2D eigenvalue weighted by Crippen LogP contribution is 2.30. The molecule has 0 fully saturated rings. The van der Waals surface area contributed by atoms with E-state index in [1.54, 1.807) is 6.92 Å². The second-order valence-corrected chi connectivity index (χ2v) is 3.93. The van der Waals surface area contributed by atoms with Crippen LogP contribution in [-0.2, 0) is 14.3 Å². The molecule has 0 aliphatic carbocycles. The van der Waals surface area contributed by atoms with E-state index in [0.717, 1.165) is 6.07 Å². The number of hydrogen-bond acceptors (Lipinski definition) is 5. The predicted octanol–water partition coefficient (Wildman–Crippen LogP) is 1.15. The van der Waals surface area contributed by atoms with E-state index in [9.17, 15) is 18.8 Å². The molecule has 5 nitrogen and oxygen atoms in total. The lowest BCUT2D eigenvalue weighted by molar-refractivity contribution is -0.155. The Labute approximate surface area is 108 Å². The normalized spacial score (nSPS) is 17.4. The van der Waals surface area contributed by atoms with Crippen molar-refractivity contribution in [3.63, 3.8) is 0 Å². The molecular weight excluding hydrogens is 255 g/mol. The Kier molecular flexibility index (Phi) is 3.59. The Balaban J connectivity index is 2.27. The summed E-state index contributed by atoms with van der Waals surface area (Å²) in [6.07, 6.45) is 0. The number of fused-ring (bicyclic) bond motifs is 1. The van der Waals surface area contributed by atoms with Crippen molar-refractivity contribution in [2.45, 2.75) is 6.92 Å². The summed E-state index contributed by atoms with van der Waals surface area (Å²) in [5.41, 5.74) is -0.0334. The van der Waals surface area contributed by atoms with Crippen molar-refractivity contribution >= 4 is 17.5 Å². The third kappa shape index (κ3) is 2.33. The summed E-state index contributed by atoms with van der Waals surface area (Å²) in [5, 5.41) is 0. The average Bonchev–Trinajstić information content (AvgIpc) is 2.40. The number of hydrogen-bond donors (Lipinski definition) is 0. The number of ether oxygens (including phenoxy) is 2. The first-order chi connectivity index (χ1) is 9.06. The van der Waals surface area contributed by atoms with Gasteiger partial charge in [-0.05, 0) is 19.1 Å². The number of rotatable bonds is 3. The van der Waals surface area contributed by atoms with E-state index in [1.165, 1.54) is 12.1 Å². The monoisotopic (exact) mass is 266 g/mol. The van der Waals surface area contributed by atoms with Gasteiger partial charge in [0.15, 0.2) is 17.3 Å². The Bertz CT molecular complexity index is 552. The fourth-order valence-corrected chi connectivity index (χ4v) is 1.82. The van der Waals surface area contributed by atoms with Gasteiger partial charge < -0.3 is 9.47 Å². The lowest BCUT2D eigenvalue weighted by Gasteiger charge is -2.22. The van der Waals surface area contributed by atoms with Crippen LogP contribution in [0.4, 0.5) is 4.39 Å². The maximum absolute atomic E-state index is 13.4. The molecule has 1 heterocycles. The summed E-state index contributed by atoms with van der Waals surface area (Å²) < 4.78 is 23.0. The highest BCUT2D eigenvalue weighted by molar-refractivity contribution is 6.39. The number of carbonyl (C=O) groups is 3. The highest BCUT2D eigenvalue weighted by Gasteiger charge is 2.39. The quantitative estimate of drug-likeness (QED) is 0.466. The zero-order valence-corrected chi connectivity index (χ0v) is 10.1. The van der Waals surface area contributed by atoms with E-state index in [2.05, 4.69) is 4.74 Å². The predicted molar refractivity (Wildman–Crippen MR) is 61.4 cm³/mol. The van der Waals surface area contributed by atoms with Crippen LogP contribution in [0.3, 0.4) is 0 Å². The lowest BCUT2D eigenvalue weighted by atomic mass is 9.91. The minimum absolute atomic E-state index is 0.0334. The molecule has 1 unspecified atom stereocenters. The summed E-state index contributed by atoms with van der Waals surface area (Å²) in [6.45, 7) is 1.23. The maximum Gasteiger partial charge on any atom is 0.375 e. The number of Topliss-reactive ketones (excluding diaryl/α,β-unsaturated/α-hetero) is 2. The van der Waals surface area contributed by atoms with Gasteiger partial charge in [0.1, 0.15) is 12.5 Å².